The number of nitrogens with one attached hydrogen (secondary N) is 2. The van der Waals surface area contributed by atoms with E-state index in [0.29, 0.717) is 6.04 Å². The maximum absolute atomic E-state index is 5.51. The molecule has 3 aliphatic rings. The summed E-state index contributed by atoms with van der Waals surface area (Å²) >= 11 is 0. The van der Waals surface area contributed by atoms with Gasteiger partial charge in [-0.25, -0.2) is 0 Å². The number of hydrogen-bond acceptors (Lipinski definition) is 4. The summed E-state index contributed by atoms with van der Waals surface area (Å²) in [6.45, 7) is 2.36. The van der Waals surface area contributed by atoms with Crippen LogP contribution in [-0.4, -0.2) is 23.0 Å². The summed E-state index contributed by atoms with van der Waals surface area (Å²) in [6.07, 6.45) is 12.5. The number of aryl methyl sites for hydroxylation is 1. The maximum atomic E-state index is 5.51. The predicted octanol–water partition coefficient (Wildman–Crippen LogP) is 5.47. The molecular formula is C26H31N3O2. The lowest BCUT2D eigenvalue weighted by Crippen LogP contribution is -2.39. The van der Waals surface area contributed by atoms with E-state index in [0.717, 1.165) is 43.2 Å². The van der Waals surface area contributed by atoms with Gasteiger partial charge in [0.15, 0.2) is 11.5 Å². The van der Waals surface area contributed by atoms with Crippen molar-refractivity contribution in [2.75, 3.05) is 13.1 Å². The monoisotopic (exact) mass is 417 g/mol. The van der Waals surface area contributed by atoms with Crippen molar-refractivity contribution in [1.29, 1.82) is 0 Å². The average molecular weight is 418 g/mol. The normalized spacial score (nSPS) is 21.5. The standard InChI is InChI=1S/C26H31N3O2/c1-2-6-18(7-3-1)17-29-13-12-19-14-25-26(31-28-30-25)15-22(19)24(29)11-10-20-16-27-23-9-5-4-8-21(20)23/h4-5,8-9,14-16,18,24,27-28H,1-3,6-7,10-13,17H2. The van der Waals surface area contributed by atoms with Gasteiger partial charge in [0, 0.05) is 41.9 Å². The van der Waals surface area contributed by atoms with Crippen LogP contribution in [0.3, 0.4) is 0 Å². The zero-order chi connectivity index (χ0) is 20.6. The fourth-order valence-electron chi connectivity index (χ4n) is 5.92. The molecule has 162 valence electrons. The minimum absolute atomic E-state index is 0.425. The molecule has 0 saturated heterocycles. The molecule has 2 N–H and O–H groups in total. The van der Waals surface area contributed by atoms with Crippen molar-refractivity contribution >= 4 is 10.9 Å². The number of aromatic nitrogens is 1. The molecule has 0 spiro atoms. The summed E-state index contributed by atoms with van der Waals surface area (Å²) in [6, 6.07) is 13.5. The molecule has 6 rings (SSSR count). The highest BCUT2D eigenvalue weighted by Gasteiger charge is 2.32. The van der Waals surface area contributed by atoms with E-state index < -0.39 is 0 Å². The molecule has 5 heteroatoms. The van der Waals surface area contributed by atoms with Crippen molar-refractivity contribution in [3.8, 4) is 11.5 Å². The Morgan fingerprint density at radius 2 is 1.84 bits per heavy atom. The van der Waals surface area contributed by atoms with E-state index in [1.165, 1.54) is 66.2 Å². The maximum Gasteiger partial charge on any atom is 0.196 e. The van der Waals surface area contributed by atoms with Gasteiger partial charge in [0.2, 0.25) is 0 Å². The molecule has 31 heavy (non-hydrogen) atoms. The van der Waals surface area contributed by atoms with Crippen molar-refractivity contribution in [3.63, 3.8) is 0 Å². The first-order valence-electron chi connectivity index (χ1n) is 11.9. The van der Waals surface area contributed by atoms with Crippen LogP contribution in [-0.2, 0) is 12.8 Å². The van der Waals surface area contributed by atoms with E-state index in [4.69, 9.17) is 9.68 Å². The van der Waals surface area contributed by atoms with Gasteiger partial charge in [-0.3, -0.25) is 4.90 Å². The highest BCUT2D eigenvalue weighted by Crippen LogP contribution is 2.42. The highest BCUT2D eigenvalue weighted by atomic mass is 16.9. The summed E-state index contributed by atoms with van der Waals surface area (Å²) < 4.78 is 0. The molecule has 1 unspecified atom stereocenters. The van der Waals surface area contributed by atoms with E-state index in [1.54, 1.807) is 0 Å². The number of hydrogen-bond donors (Lipinski definition) is 2. The third kappa shape index (κ3) is 3.70. The van der Waals surface area contributed by atoms with Crippen LogP contribution in [0.4, 0.5) is 0 Å². The van der Waals surface area contributed by atoms with E-state index in [9.17, 15) is 0 Å². The van der Waals surface area contributed by atoms with Crippen LogP contribution >= 0.6 is 0 Å². The molecule has 3 heterocycles. The van der Waals surface area contributed by atoms with Crippen LogP contribution in [0.5, 0.6) is 11.5 Å². The fourth-order valence-corrected chi connectivity index (χ4v) is 5.92. The second kappa shape index (κ2) is 8.21. The lowest BCUT2D eigenvalue weighted by molar-refractivity contribution is 0.0259. The lowest BCUT2D eigenvalue weighted by Gasteiger charge is -2.40. The number of nitrogens with zero attached hydrogens (tertiary/aromatic N) is 1. The molecule has 1 aliphatic carbocycles. The molecule has 2 aromatic carbocycles. The largest absolute Gasteiger partial charge is 0.370 e. The van der Waals surface area contributed by atoms with Gasteiger partial charge in [-0.05, 0) is 72.9 Å². The van der Waals surface area contributed by atoms with Gasteiger partial charge in [0.05, 0.1) is 0 Å². The summed E-state index contributed by atoms with van der Waals surface area (Å²) in [4.78, 5) is 17.1. The van der Waals surface area contributed by atoms with E-state index >= 15 is 0 Å². The number of rotatable bonds is 5. The van der Waals surface area contributed by atoms with Crippen LogP contribution in [0.15, 0.2) is 42.6 Å². The molecule has 5 nitrogen and oxygen atoms in total. The summed E-state index contributed by atoms with van der Waals surface area (Å²) in [5.74, 6) is 2.48. The van der Waals surface area contributed by atoms with Crippen LogP contribution < -0.4 is 15.3 Å². The number of H-pyrrole nitrogens is 1. The van der Waals surface area contributed by atoms with E-state index in [-0.39, 0.29) is 0 Å². The minimum atomic E-state index is 0.425. The summed E-state index contributed by atoms with van der Waals surface area (Å²) in [5.41, 5.74) is 8.05. The second-order valence-electron chi connectivity index (χ2n) is 9.45. The highest BCUT2D eigenvalue weighted by molar-refractivity contribution is 5.83. The first-order valence-corrected chi connectivity index (χ1v) is 11.9. The number of benzene rings is 2. The Morgan fingerprint density at radius 1 is 1.00 bits per heavy atom. The fraction of sp³-hybridized carbons (Fsp3) is 0.462. The molecule has 2 aliphatic heterocycles. The Balaban J connectivity index is 1.29. The van der Waals surface area contributed by atoms with Crippen LogP contribution in [0, 0.1) is 5.92 Å². The smallest absolute Gasteiger partial charge is 0.196 e. The van der Waals surface area contributed by atoms with Gasteiger partial charge in [0.25, 0.3) is 0 Å². The molecule has 1 atom stereocenters. The van der Waals surface area contributed by atoms with Crippen LogP contribution in [0.1, 0.15) is 61.3 Å². The van der Waals surface area contributed by atoms with Gasteiger partial charge in [0.1, 0.15) is 0 Å². The average Bonchev–Trinajstić information content (AvgIpc) is 3.44. The van der Waals surface area contributed by atoms with Gasteiger partial charge < -0.3 is 14.7 Å². The minimum Gasteiger partial charge on any atom is -0.370 e. The Bertz CT molecular complexity index is 1070. The van der Waals surface area contributed by atoms with E-state index in [2.05, 4.69) is 58.1 Å². The molecule has 1 fully saturated rings. The topological polar surface area (TPSA) is 49.5 Å². The molecule has 0 amide bonds. The SMILES string of the molecule is c1ccc2c(CCC3c4cc5c(cc4CCN3CC3CCCCC3)ONO5)c[nH]c2c1. The molecule has 1 aromatic heterocycles. The summed E-state index contributed by atoms with van der Waals surface area (Å²) in [7, 11) is 0. The van der Waals surface area contributed by atoms with Crippen molar-refractivity contribution in [2.45, 2.75) is 57.4 Å². The van der Waals surface area contributed by atoms with Gasteiger partial charge in [-0.1, -0.05) is 37.5 Å². The second-order valence-corrected chi connectivity index (χ2v) is 9.45. The Labute approximate surface area is 183 Å². The third-order valence-electron chi connectivity index (χ3n) is 7.56. The Morgan fingerprint density at radius 3 is 2.74 bits per heavy atom. The van der Waals surface area contributed by atoms with Crippen LogP contribution in [0.25, 0.3) is 10.9 Å². The first-order chi connectivity index (χ1) is 15.3. The molecular weight excluding hydrogens is 386 g/mol. The number of aromatic amines is 1. The van der Waals surface area contributed by atoms with Crippen LogP contribution in [0.2, 0.25) is 0 Å². The predicted molar refractivity (Wildman–Crippen MR) is 122 cm³/mol. The third-order valence-corrected chi connectivity index (χ3v) is 7.56. The van der Waals surface area contributed by atoms with Gasteiger partial charge in [-0.2, -0.15) is 0 Å². The zero-order valence-electron chi connectivity index (χ0n) is 18.0. The van der Waals surface area contributed by atoms with Gasteiger partial charge >= 0.3 is 0 Å². The van der Waals surface area contributed by atoms with Crippen molar-refractivity contribution in [1.82, 2.24) is 15.5 Å². The number of para-hydroxylation sites is 1. The van der Waals surface area contributed by atoms with Crippen molar-refractivity contribution in [2.24, 2.45) is 5.92 Å². The number of fused-ring (bicyclic) bond motifs is 3. The quantitative estimate of drug-likeness (QED) is 0.578. The molecule has 3 aromatic rings. The molecule has 1 saturated carbocycles. The van der Waals surface area contributed by atoms with Crippen molar-refractivity contribution < 1.29 is 9.68 Å². The van der Waals surface area contributed by atoms with E-state index in [1.807, 2.05) is 0 Å². The molecule has 0 radical (unpaired) electrons. The Hall–Kier alpha value is -2.50. The Kier molecular flexibility index (Phi) is 5.09. The zero-order valence-corrected chi connectivity index (χ0v) is 18.0. The first kappa shape index (κ1) is 19.2. The van der Waals surface area contributed by atoms with Gasteiger partial charge in [-0.15, -0.1) is 0 Å². The lowest BCUT2D eigenvalue weighted by atomic mass is 9.85. The molecule has 0 bridgehead atoms. The van der Waals surface area contributed by atoms with Crippen molar-refractivity contribution in [3.05, 3.63) is 59.3 Å². The summed E-state index contributed by atoms with van der Waals surface area (Å²) in [5, 5.41) is 1.35.